The van der Waals surface area contributed by atoms with Gasteiger partial charge >= 0.3 is 11.6 Å². The molecule has 6 rings (SSSR count). The van der Waals surface area contributed by atoms with Gasteiger partial charge in [0.25, 0.3) is 0 Å². The molecule has 1 aromatic carbocycles. The number of rotatable bonds is 5. The maximum Gasteiger partial charge on any atom is 0.411 e. The van der Waals surface area contributed by atoms with Crippen LogP contribution in [0, 0.1) is 13.8 Å². The normalized spacial score (nSPS) is 20.1. The monoisotopic (exact) mass is 470 g/mol. The number of pyridine rings is 1. The van der Waals surface area contributed by atoms with Gasteiger partial charge in [-0.25, -0.2) is 9.78 Å². The molecular formula is C27H32N7O+. The highest BCUT2D eigenvalue weighted by Crippen LogP contribution is 2.35. The molecule has 0 aliphatic carbocycles. The molecule has 0 radical (unpaired) electrons. The standard InChI is InChI=1S/C27H31N7O/c1-17-15-20(16-18(2)29-17)23-24(19-7-4-3-5-8-19)30-26(28)34-25(23)31-33(27(34)35)14-13-32-21-9-6-10-22(32)12-11-21/h3-5,7-8,15-16,21-22H,6,9-14H2,1-2H3,(H2,28,30)/p+1. The fourth-order valence-electron chi connectivity index (χ4n) is 6.16. The minimum atomic E-state index is -0.207. The lowest BCUT2D eigenvalue weighted by molar-refractivity contribution is -0.351. The molecule has 0 spiro atoms. The predicted octanol–water partition coefficient (Wildman–Crippen LogP) is 3.26. The molecule has 2 bridgehead atoms. The van der Waals surface area contributed by atoms with Crippen molar-refractivity contribution in [2.45, 2.75) is 64.6 Å². The van der Waals surface area contributed by atoms with Gasteiger partial charge in [-0.05, 0) is 57.2 Å². The first kappa shape index (κ1) is 22.0. The number of H-pyrrole nitrogens is 1. The Morgan fingerprint density at radius 1 is 0.971 bits per heavy atom. The quantitative estimate of drug-likeness (QED) is 0.483. The number of anilines is 1. The van der Waals surface area contributed by atoms with E-state index in [0.717, 1.165) is 40.3 Å². The van der Waals surface area contributed by atoms with Gasteiger partial charge in [0.05, 0.1) is 12.1 Å². The number of nitrogen functional groups attached to an aromatic ring is 1. The van der Waals surface area contributed by atoms with Gasteiger partial charge < -0.3 is 0 Å². The molecule has 8 heteroatoms. The van der Waals surface area contributed by atoms with E-state index in [1.54, 1.807) is 4.68 Å². The zero-order valence-corrected chi connectivity index (χ0v) is 20.4. The summed E-state index contributed by atoms with van der Waals surface area (Å²) in [4.78, 5) is 24.0. The summed E-state index contributed by atoms with van der Waals surface area (Å²) in [5.41, 5.74) is 12.3. The Kier molecular flexibility index (Phi) is 5.40. The average molecular weight is 471 g/mol. The Morgan fingerprint density at radius 2 is 1.66 bits per heavy atom. The highest BCUT2D eigenvalue weighted by atomic mass is 16.2. The molecule has 5 heterocycles. The van der Waals surface area contributed by atoms with Gasteiger partial charge in [0.2, 0.25) is 5.65 Å². The van der Waals surface area contributed by atoms with E-state index in [-0.39, 0.29) is 11.6 Å². The summed E-state index contributed by atoms with van der Waals surface area (Å²) in [5.74, 6) is 0.277. The van der Waals surface area contributed by atoms with E-state index in [0.29, 0.717) is 24.3 Å². The second kappa shape index (κ2) is 8.61. The van der Waals surface area contributed by atoms with Crippen LogP contribution in [0.15, 0.2) is 47.3 Å². The second-order valence-electron chi connectivity index (χ2n) is 9.98. The van der Waals surface area contributed by atoms with E-state index < -0.39 is 0 Å². The topological polar surface area (TPSA) is 95.6 Å². The van der Waals surface area contributed by atoms with Gasteiger partial charge in [0, 0.05) is 35.6 Å². The lowest BCUT2D eigenvalue weighted by Gasteiger charge is -2.34. The molecule has 3 N–H and O–H groups in total. The summed E-state index contributed by atoms with van der Waals surface area (Å²) in [6.45, 7) is 5.36. The van der Waals surface area contributed by atoms with Crippen LogP contribution in [0.1, 0.15) is 43.5 Å². The third-order valence-electron chi connectivity index (χ3n) is 7.66. The van der Waals surface area contributed by atoms with Crippen LogP contribution >= 0.6 is 0 Å². The van der Waals surface area contributed by atoms with Crippen molar-refractivity contribution >= 4 is 11.6 Å². The Bertz CT molecular complexity index is 1420. The number of nitrogens with zero attached hydrogens (tertiary/aromatic N) is 5. The summed E-state index contributed by atoms with van der Waals surface area (Å²) in [6.07, 6.45) is 6.41. The maximum absolute atomic E-state index is 13.5. The minimum absolute atomic E-state index is 0.207. The summed E-state index contributed by atoms with van der Waals surface area (Å²) in [7, 11) is 0. The number of benzene rings is 1. The lowest BCUT2D eigenvalue weighted by atomic mass is 9.99. The van der Waals surface area contributed by atoms with Crippen LogP contribution in [-0.2, 0) is 6.54 Å². The number of nitrogens with one attached hydrogen (secondary N) is 1. The summed E-state index contributed by atoms with van der Waals surface area (Å²) in [5, 5.41) is 4.87. The van der Waals surface area contributed by atoms with Gasteiger partial charge in [-0.15, -0.1) is 9.50 Å². The third kappa shape index (κ3) is 3.82. The van der Waals surface area contributed by atoms with Crippen LogP contribution in [0.25, 0.3) is 28.0 Å². The SMILES string of the molecule is Cc1cc(-c2c(-c3ccccc3)[nH+]c(N)n3c(=O)n(CCN4C5CCCC4CC5)nc23)cc(C)n1. The van der Waals surface area contributed by atoms with Crippen molar-refractivity contribution in [2.24, 2.45) is 0 Å². The number of aryl methyl sites for hydroxylation is 2. The van der Waals surface area contributed by atoms with Gasteiger partial charge in [-0.3, -0.25) is 15.6 Å². The van der Waals surface area contributed by atoms with Gasteiger partial charge in [-0.1, -0.05) is 36.8 Å². The van der Waals surface area contributed by atoms with Crippen LogP contribution < -0.4 is 16.4 Å². The molecule has 2 aliphatic heterocycles. The molecule has 8 nitrogen and oxygen atoms in total. The first-order valence-corrected chi connectivity index (χ1v) is 12.6. The minimum Gasteiger partial charge on any atom is -0.296 e. The smallest absolute Gasteiger partial charge is 0.296 e. The van der Waals surface area contributed by atoms with Gasteiger partial charge in [0.15, 0.2) is 0 Å². The third-order valence-corrected chi connectivity index (χ3v) is 7.66. The highest BCUT2D eigenvalue weighted by molar-refractivity contribution is 5.88. The highest BCUT2D eigenvalue weighted by Gasteiger charge is 2.36. The van der Waals surface area contributed by atoms with Gasteiger partial charge in [-0.2, -0.15) is 4.68 Å². The number of nitrogens with two attached hydrogens (primary N) is 1. The Hall–Kier alpha value is -3.52. The average Bonchev–Trinajstić information content (AvgIpc) is 3.27. The number of hydrogen-bond donors (Lipinski definition) is 1. The number of piperidine rings is 1. The molecule has 2 aliphatic rings. The van der Waals surface area contributed by atoms with E-state index in [1.165, 1.54) is 36.5 Å². The van der Waals surface area contributed by atoms with E-state index in [2.05, 4.69) is 14.9 Å². The molecule has 0 amide bonds. The molecule has 4 aromatic rings. The molecule has 3 aromatic heterocycles. The fraction of sp³-hybridized carbons (Fsp3) is 0.407. The lowest BCUT2D eigenvalue weighted by Crippen LogP contribution is -2.42. The molecule has 2 unspecified atom stereocenters. The molecule has 35 heavy (non-hydrogen) atoms. The first-order chi connectivity index (χ1) is 17.0. The molecule has 0 saturated carbocycles. The van der Waals surface area contributed by atoms with Crippen LogP contribution in [0.3, 0.4) is 0 Å². The number of aromatic amines is 1. The Labute approximate surface area is 204 Å². The number of hydrogen-bond acceptors (Lipinski definition) is 5. The predicted molar refractivity (Wildman–Crippen MR) is 136 cm³/mol. The maximum atomic E-state index is 13.5. The van der Waals surface area contributed by atoms with E-state index in [4.69, 9.17) is 10.8 Å². The molecule has 180 valence electrons. The summed E-state index contributed by atoms with van der Waals surface area (Å²) >= 11 is 0. The van der Waals surface area contributed by atoms with E-state index >= 15 is 0 Å². The Balaban J connectivity index is 1.50. The summed E-state index contributed by atoms with van der Waals surface area (Å²) < 4.78 is 3.10. The largest absolute Gasteiger partial charge is 0.411 e. The second-order valence-corrected chi connectivity index (χ2v) is 9.98. The zero-order valence-electron chi connectivity index (χ0n) is 20.4. The van der Waals surface area contributed by atoms with Crippen LogP contribution in [0.2, 0.25) is 0 Å². The number of fused-ring (bicyclic) bond motifs is 3. The molecule has 2 fully saturated rings. The molecule has 2 atom stereocenters. The fourth-order valence-corrected chi connectivity index (χ4v) is 6.16. The van der Waals surface area contributed by atoms with E-state index in [1.807, 2.05) is 56.3 Å². The van der Waals surface area contributed by atoms with Crippen molar-refractivity contribution in [2.75, 3.05) is 12.3 Å². The van der Waals surface area contributed by atoms with Crippen LogP contribution in [-0.4, -0.2) is 42.7 Å². The van der Waals surface area contributed by atoms with Crippen molar-refractivity contribution in [1.29, 1.82) is 0 Å². The Morgan fingerprint density at radius 3 is 2.34 bits per heavy atom. The van der Waals surface area contributed by atoms with Gasteiger partial charge in [0.1, 0.15) is 5.69 Å². The zero-order chi connectivity index (χ0) is 24.1. The number of aromatic nitrogens is 5. The van der Waals surface area contributed by atoms with Crippen molar-refractivity contribution in [3.05, 3.63) is 64.3 Å². The van der Waals surface area contributed by atoms with Crippen molar-refractivity contribution in [3.63, 3.8) is 0 Å². The van der Waals surface area contributed by atoms with Crippen molar-refractivity contribution in [3.8, 4) is 22.4 Å². The molecule has 2 saturated heterocycles. The van der Waals surface area contributed by atoms with Crippen LogP contribution in [0.5, 0.6) is 0 Å². The summed E-state index contributed by atoms with van der Waals surface area (Å²) in [6, 6.07) is 15.4. The van der Waals surface area contributed by atoms with E-state index in [9.17, 15) is 4.79 Å². The van der Waals surface area contributed by atoms with Crippen LogP contribution in [0.4, 0.5) is 5.95 Å². The first-order valence-electron chi connectivity index (χ1n) is 12.6. The molecular weight excluding hydrogens is 438 g/mol. The van der Waals surface area contributed by atoms with Crippen molar-refractivity contribution in [1.82, 2.24) is 24.1 Å². The van der Waals surface area contributed by atoms with Crippen molar-refractivity contribution < 1.29 is 4.98 Å².